The highest BCUT2D eigenvalue weighted by Crippen LogP contribution is 2.29. The van der Waals surface area contributed by atoms with E-state index in [-0.39, 0.29) is 25.2 Å². The summed E-state index contributed by atoms with van der Waals surface area (Å²) in [7, 11) is 0. The Labute approximate surface area is 121 Å². The predicted molar refractivity (Wildman–Crippen MR) is 74.7 cm³/mol. The van der Waals surface area contributed by atoms with E-state index in [1.807, 2.05) is 19.1 Å². The Balaban J connectivity index is 1.49. The van der Waals surface area contributed by atoms with E-state index in [2.05, 4.69) is 16.1 Å². The van der Waals surface area contributed by atoms with Crippen LogP contribution in [0.15, 0.2) is 24.5 Å². The summed E-state index contributed by atoms with van der Waals surface area (Å²) in [6.07, 6.45) is 2.01. The molecule has 0 radical (unpaired) electrons. The van der Waals surface area contributed by atoms with E-state index in [1.165, 1.54) is 16.6 Å². The van der Waals surface area contributed by atoms with Gasteiger partial charge in [0, 0.05) is 6.42 Å². The molecule has 2 heterocycles. The van der Waals surface area contributed by atoms with Gasteiger partial charge in [0.1, 0.15) is 31.3 Å². The van der Waals surface area contributed by atoms with Crippen LogP contribution in [0, 0.1) is 6.92 Å². The average Bonchev–Trinajstić information content (AvgIpc) is 3.02. The third-order valence-corrected chi connectivity index (χ3v) is 3.23. The number of nitrogens with zero attached hydrogens (tertiary/aromatic N) is 3. The SMILES string of the molecule is Cc1ccc2c(c1)CC(COC(=O)Cn1cnc(N)n1)O2. The van der Waals surface area contributed by atoms with Crippen molar-refractivity contribution < 1.29 is 14.3 Å². The van der Waals surface area contributed by atoms with Crippen molar-refractivity contribution in [2.24, 2.45) is 0 Å². The molecule has 1 aromatic carbocycles. The number of hydrogen-bond donors (Lipinski definition) is 1. The summed E-state index contributed by atoms with van der Waals surface area (Å²) in [6, 6.07) is 6.04. The number of anilines is 1. The topological polar surface area (TPSA) is 92.3 Å². The Hall–Kier alpha value is -2.57. The molecule has 0 fully saturated rings. The van der Waals surface area contributed by atoms with Gasteiger partial charge >= 0.3 is 5.97 Å². The van der Waals surface area contributed by atoms with Gasteiger partial charge in [0.15, 0.2) is 0 Å². The van der Waals surface area contributed by atoms with Gasteiger partial charge in [0.05, 0.1) is 0 Å². The molecule has 2 N–H and O–H groups in total. The smallest absolute Gasteiger partial charge is 0.327 e. The largest absolute Gasteiger partial charge is 0.486 e. The molecule has 0 bridgehead atoms. The molecular formula is C14H16N4O3. The summed E-state index contributed by atoms with van der Waals surface area (Å²) in [5.74, 6) is 0.606. The number of esters is 1. The van der Waals surface area contributed by atoms with E-state index < -0.39 is 5.97 Å². The number of rotatable bonds is 4. The van der Waals surface area contributed by atoms with Gasteiger partial charge in [-0.1, -0.05) is 17.7 Å². The van der Waals surface area contributed by atoms with Crippen molar-refractivity contribution in [2.45, 2.75) is 26.0 Å². The molecule has 1 atom stereocenters. The molecule has 1 aromatic heterocycles. The quantitative estimate of drug-likeness (QED) is 0.833. The van der Waals surface area contributed by atoms with Gasteiger partial charge in [-0.05, 0) is 18.6 Å². The second-order valence-electron chi connectivity index (χ2n) is 5.04. The number of aromatic nitrogens is 3. The van der Waals surface area contributed by atoms with Crippen LogP contribution in [-0.4, -0.2) is 33.4 Å². The highest BCUT2D eigenvalue weighted by Gasteiger charge is 2.24. The van der Waals surface area contributed by atoms with Crippen molar-refractivity contribution in [3.63, 3.8) is 0 Å². The van der Waals surface area contributed by atoms with Crippen molar-refractivity contribution >= 4 is 11.9 Å². The molecule has 21 heavy (non-hydrogen) atoms. The van der Waals surface area contributed by atoms with Gasteiger partial charge in [-0.3, -0.25) is 4.79 Å². The number of hydrogen-bond acceptors (Lipinski definition) is 6. The summed E-state index contributed by atoms with van der Waals surface area (Å²) in [4.78, 5) is 15.4. The Morgan fingerprint density at radius 3 is 3.19 bits per heavy atom. The number of aryl methyl sites for hydroxylation is 1. The van der Waals surface area contributed by atoms with Gasteiger partial charge in [-0.25, -0.2) is 9.67 Å². The first-order chi connectivity index (χ1) is 10.1. The zero-order valence-electron chi connectivity index (χ0n) is 11.7. The van der Waals surface area contributed by atoms with E-state index >= 15 is 0 Å². The molecular weight excluding hydrogens is 272 g/mol. The molecule has 0 spiro atoms. The first-order valence-electron chi connectivity index (χ1n) is 6.67. The minimum absolute atomic E-state index is 0.0109. The van der Waals surface area contributed by atoms with E-state index in [9.17, 15) is 4.79 Å². The maximum Gasteiger partial charge on any atom is 0.327 e. The van der Waals surface area contributed by atoms with E-state index in [4.69, 9.17) is 15.2 Å². The number of carbonyl (C=O) groups is 1. The zero-order valence-corrected chi connectivity index (χ0v) is 11.7. The lowest BCUT2D eigenvalue weighted by atomic mass is 10.1. The normalized spacial score (nSPS) is 16.3. The van der Waals surface area contributed by atoms with Gasteiger partial charge < -0.3 is 15.2 Å². The predicted octanol–water partition coefficient (Wildman–Crippen LogP) is 0.716. The lowest BCUT2D eigenvalue weighted by Crippen LogP contribution is -2.24. The second-order valence-corrected chi connectivity index (χ2v) is 5.04. The van der Waals surface area contributed by atoms with Crippen molar-refractivity contribution in [3.05, 3.63) is 35.7 Å². The van der Waals surface area contributed by atoms with Gasteiger partial charge in [0.2, 0.25) is 5.95 Å². The minimum atomic E-state index is -0.393. The molecule has 0 aliphatic carbocycles. The Bertz CT molecular complexity index is 668. The maximum absolute atomic E-state index is 11.7. The lowest BCUT2D eigenvalue weighted by molar-refractivity contribution is -0.146. The fourth-order valence-corrected chi connectivity index (χ4v) is 2.29. The lowest BCUT2D eigenvalue weighted by Gasteiger charge is -2.11. The molecule has 0 amide bonds. The van der Waals surface area contributed by atoms with Crippen LogP contribution < -0.4 is 10.5 Å². The Morgan fingerprint density at radius 2 is 2.43 bits per heavy atom. The standard InChI is InChI=1S/C14H16N4O3/c1-9-2-3-12-10(4-9)5-11(21-12)7-20-13(19)6-18-8-16-14(15)17-18/h2-4,8,11H,5-7H2,1H3,(H2,15,17). The number of benzene rings is 1. The minimum Gasteiger partial charge on any atom is -0.486 e. The van der Waals surface area contributed by atoms with Crippen LogP contribution in [0.5, 0.6) is 5.75 Å². The van der Waals surface area contributed by atoms with Crippen LogP contribution in [0.2, 0.25) is 0 Å². The van der Waals surface area contributed by atoms with Crippen LogP contribution in [0.4, 0.5) is 5.95 Å². The third kappa shape index (κ3) is 3.13. The van der Waals surface area contributed by atoms with Crippen molar-refractivity contribution in [3.8, 4) is 5.75 Å². The summed E-state index contributed by atoms with van der Waals surface area (Å²) >= 11 is 0. The first-order valence-corrected chi connectivity index (χ1v) is 6.67. The number of ether oxygens (including phenoxy) is 2. The van der Waals surface area contributed by atoms with E-state index in [0.29, 0.717) is 0 Å². The number of fused-ring (bicyclic) bond motifs is 1. The Kier molecular flexibility index (Phi) is 3.47. The maximum atomic E-state index is 11.7. The fraction of sp³-hybridized carbons (Fsp3) is 0.357. The monoisotopic (exact) mass is 288 g/mol. The number of nitrogens with two attached hydrogens (primary N) is 1. The molecule has 0 saturated carbocycles. The molecule has 110 valence electrons. The summed E-state index contributed by atoms with van der Waals surface area (Å²) in [6.45, 7) is 2.25. The van der Waals surface area contributed by atoms with Crippen LogP contribution in [0.3, 0.4) is 0 Å². The van der Waals surface area contributed by atoms with E-state index in [1.54, 1.807) is 0 Å². The zero-order chi connectivity index (χ0) is 14.8. The van der Waals surface area contributed by atoms with Gasteiger partial charge in [0.25, 0.3) is 0 Å². The molecule has 2 aromatic rings. The van der Waals surface area contributed by atoms with Crippen molar-refractivity contribution in [1.82, 2.24) is 14.8 Å². The van der Waals surface area contributed by atoms with E-state index in [0.717, 1.165) is 17.7 Å². The molecule has 1 aliphatic rings. The highest BCUT2D eigenvalue weighted by molar-refractivity contribution is 5.69. The van der Waals surface area contributed by atoms with Crippen LogP contribution in [-0.2, 0) is 22.5 Å². The number of carbonyl (C=O) groups excluding carboxylic acids is 1. The average molecular weight is 288 g/mol. The molecule has 3 rings (SSSR count). The molecule has 1 unspecified atom stereocenters. The van der Waals surface area contributed by atoms with Crippen LogP contribution in [0.25, 0.3) is 0 Å². The molecule has 1 aliphatic heterocycles. The highest BCUT2D eigenvalue weighted by atomic mass is 16.6. The summed E-state index contributed by atoms with van der Waals surface area (Å²) in [5.41, 5.74) is 7.72. The molecule has 7 nitrogen and oxygen atoms in total. The summed E-state index contributed by atoms with van der Waals surface area (Å²) < 4.78 is 12.3. The molecule has 7 heteroatoms. The molecule has 0 saturated heterocycles. The van der Waals surface area contributed by atoms with Crippen LogP contribution >= 0.6 is 0 Å². The van der Waals surface area contributed by atoms with Gasteiger partial charge in [-0.15, -0.1) is 5.10 Å². The van der Waals surface area contributed by atoms with Crippen LogP contribution in [0.1, 0.15) is 11.1 Å². The number of nitrogen functional groups attached to an aromatic ring is 1. The van der Waals surface area contributed by atoms with Gasteiger partial charge in [-0.2, -0.15) is 0 Å². The van der Waals surface area contributed by atoms with Crippen molar-refractivity contribution in [1.29, 1.82) is 0 Å². The third-order valence-electron chi connectivity index (χ3n) is 3.23. The Morgan fingerprint density at radius 1 is 1.57 bits per heavy atom. The summed E-state index contributed by atoms with van der Waals surface area (Å²) in [5, 5.41) is 3.82. The first kappa shape index (κ1) is 13.4. The fourth-order valence-electron chi connectivity index (χ4n) is 2.29. The second kappa shape index (κ2) is 5.43. The van der Waals surface area contributed by atoms with Crippen molar-refractivity contribution in [2.75, 3.05) is 12.3 Å².